The molecule has 1 fully saturated rings. The largest absolute Gasteiger partial charge is 0.388 e. The van der Waals surface area contributed by atoms with Crippen LogP contribution in [0.1, 0.15) is 37.4 Å². The molecule has 1 saturated carbocycles. The molecule has 1 aromatic carbocycles. The van der Waals surface area contributed by atoms with E-state index in [1.54, 1.807) is 0 Å². The van der Waals surface area contributed by atoms with E-state index in [2.05, 4.69) is 0 Å². The minimum absolute atomic E-state index is 0.233. The molecule has 0 amide bonds. The van der Waals surface area contributed by atoms with Crippen molar-refractivity contribution in [1.29, 1.82) is 0 Å². The topological polar surface area (TPSA) is 20.2 Å². The molecule has 0 unspecified atom stereocenters. The van der Waals surface area contributed by atoms with Gasteiger partial charge in [-0.1, -0.05) is 43.2 Å². The molecule has 0 aromatic heterocycles. The van der Waals surface area contributed by atoms with Crippen LogP contribution in [0, 0.1) is 5.92 Å². The lowest BCUT2D eigenvalue weighted by atomic mass is 9.95. The van der Waals surface area contributed by atoms with Gasteiger partial charge in [0.05, 0.1) is 6.10 Å². The molecule has 0 saturated heterocycles. The van der Waals surface area contributed by atoms with Gasteiger partial charge in [-0.3, -0.25) is 0 Å². The van der Waals surface area contributed by atoms with E-state index in [0.29, 0.717) is 5.92 Å². The maximum absolute atomic E-state index is 10.0. The fourth-order valence-corrected chi connectivity index (χ4v) is 2.20. The number of rotatable bonds is 2. The highest BCUT2D eigenvalue weighted by atomic mass is 16.3. The Kier molecular flexibility index (Phi) is 2.65. The molecule has 1 atom stereocenters. The third-order valence-corrected chi connectivity index (χ3v) is 2.99. The molecule has 1 heteroatoms. The summed E-state index contributed by atoms with van der Waals surface area (Å²) in [5, 5.41) is 10.0. The molecule has 0 aliphatic heterocycles. The van der Waals surface area contributed by atoms with Crippen LogP contribution in [-0.4, -0.2) is 5.11 Å². The van der Waals surface area contributed by atoms with Gasteiger partial charge in [0.15, 0.2) is 0 Å². The van der Waals surface area contributed by atoms with Crippen LogP contribution in [0.3, 0.4) is 0 Å². The average molecular weight is 176 g/mol. The molecule has 1 aliphatic rings. The summed E-state index contributed by atoms with van der Waals surface area (Å²) in [6.45, 7) is 0. The molecule has 0 spiro atoms. The standard InChI is InChI=1S/C12H16O/c13-12(11-8-4-5-9-11)10-6-2-1-3-7-10/h1-3,6-7,11-13H,4-5,8-9H2/t12-/m0/s1. The molecule has 1 N–H and O–H groups in total. The van der Waals surface area contributed by atoms with Gasteiger partial charge in [-0.05, 0) is 24.3 Å². The Morgan fingerprint density at radius 1 is 1.08 bits per heavy atom. The Labute approximate surface area is 79.4 Å². The molecular weight excluding hydrogens is 160 g/mol. The Balaban J connectivity index is 2.08. The summed E-state index contributed by atoms with van der Waals surface area (Å²) < 4.78 is 0. The molecule has 2 rings (SSSR count). The van der Waals surface area contributed by atoms with Gasteiger partial charge in [-0.15, -0.1) is 0 Å². The number of hydrogen-bond acceptors (Lipinski definition) is 1. The second kappa shape index (κ2) is 3.93. The van der Waals surface area contributed by atoms with Crippen LogP contribution in [0.15, 0.2) is 30.3 Å². The van der Waals surface area contributed by atoms with Crippen molar-refractivity contribution in [3.8, 4) is 0 Å². The quantitative estimate of drug-likeness (QED) is 0.734. The highest BCUT2D eigenvalue weighted by molar-refractivity contribution is 5.18. The smallest absolute Gasteiger partial charge is 0.0818 e. The SMILES string of the molecule is O[C@@H](c1ccccc1)C1CCCC1. The van der Waals surface area contributed by atoms with Crippen LogP contribution in [-0.2, 0) is 0 Å². The lowest BCUT2D eigenvalue weighted by Gasteiger charge is -2.17. The van der Waals surface area contributed by atoms with Gasteiger partial charge in [0.2, 0.25) is 0 Å². The summed E-state index contributed by atoms with van der Waals surface area (Å²) in [7, 11) is 0. The molecule has 1 nitrogen and oxygen atoms in total. The average Bonchev–Trinajstić information content (AvgIpc) is 2.71. The lowest BCUT2D eigenvalue weighted by Crippen LogP contribution is -2.08. The van der Waals surface area contributed by atoms with Crippen molar-refractivity contribution in [3.63, 3.8) is 0 Å². The first-order valence-corrected chi connectivity index (χ1v) is 5.11. The second-order valence-corrected chi connectivity index (χ2v) is 3.90. The van der Waals surface area contributed by atoms with Crippen LogP contribution < -0.4 is 0 Å². The number of aliphatic hydroxyl groups excluding tert-OH is 1. The third kappa shape index (κ3) is 1.92. The molecular formula is C12H16O. The van der Waals surface area contributed by atoms with Gasteiger partial charge in [0.1, 0.15) is 0 Å². The fourth-order valence-electron chi connectivity index (χ4n) is 2.20. The lowest BCUT2D eigenvalue weighted by molar-refractivity contribution is 0.111. The van der Waals surface area contributed by atoms with E-state index < -0.39 is 0 Å². The molecule has 0 bridgehead atoms. The summed E-state index contributed by atoms with van der Waals surface area (Å²) in [5.41, 5.74) is 1.08. The van der Waals surface area contributed by atoms with Crippen LogP contribution in [0.4, 0.5) is 0 Å². The molecule has 0 radical (unpaired) electrons. The fraction of sp³-hybridized carbons (Fsp3) is 0.500. The van der Waals surface area contributed by atoms with Crippen molar-refractivity contribution in [2.45, 2.75) is 31.8 Å². The number of benzene rings is 1. The summed E-state index contributed by atoms with van der Waals surface area (Å²) in [6.07, 6.45) is 4.72. The Morgan fingerprint density at radius 2 is 1.69 bits per heavy atom. The van der Waals surface area contributed by atoms with Gasteiger partial charge in [-0.25, -0.2) is 0 Å². The first-order chi connectivity index (χ1) is 6.38. The van der Waals surface area contributed by atoms with Crippen molar-refractivity contribution in [2.75, 3.05) is 0 Å². The zero-order valence-corrected chi connectivity index (χ0v) is 7.82. The molecule has 1 aromatic rings. The van der Waals surface area contributed by atoms with Gasteiger partial charge in [-0.2, -0.15) is 0 Å². The first-order valence-electron chi connectivity index (χ1n) is 5.11. The van der Waals surface area contributed by atoms with Crippen LogP contribution in [0.2, 0.25) is 0 Å². The molecule has 1 aliphatic carbocycles. The van der Waals surface area contributed by atoms with Gasteiger partial charge >= 0.3 is 0 Å². The highest BCUT2D eigenvalue weighted by Crippen LogP contribution is 2.35. The van der Waals surface area contributed by atoms with E-state index in [0.717, 1.165) is 5.56 Å². The van der Waals surface area contributed by atoms with Crippen LogP contribution in [0.5, 0.6) is 0 Å². The van der Waals surface area contributed by atoms with Crippen molar-refractivity contribution in [2.24, 2.45) is 5.92 Å². The highest BCUT2D eigenvalue weighted by Gasteiger charge is 2.23. The zero-order chi connectivity index (χ0) is 9.10. The van der Waals surface area contributed by atoms with Gasteiger partial charge < -0.3 is 5.11 Å². The Bertz CT molecular complexity index is 249. The van der Waals surface area contributed by atoms with E-state index in [1.807, 2.05) is 30.3 Å². The predicted molar refractivity (Wildman–Crippen MR) is 53.4 cm³/mol. The summed E-state index contributed by atoms with van der Waals surface area (Å²) in [5.74, 6) is 0.502. The molecule has 70 valence electrons. The van der Waals surface area contributed by atoms with Crippen molar-refractivity contribution in [1.82, 2.24) is 0 Å². The number of hydrogen-bond donors (Lipinski definition) is 1. The van der Waals surface area contributed by atoms with Crippen LogP contribution >= 0.6 is 0 Å². The predicted octanol–water partition coefficient (Wildman–Crippen LogP) is 2.91. The van der Waals surface area contributed by atoms with Gasteiger partial charge in [0, 0.05) is 0 Å². The Morgan fingerprint density at radius 3 is 2.31 bits per heavy atom. The number of aliphatic hydroxyl groups is 1. The normalized spacial score (nSPS) is 20.4. The maximum Gasteiger partial charge on any atom is 0.0818 e. The maximum atomic E-state index is 10.0. The molecule has 13 heavy (non-hydrogen) atoms. The van der Waals surface area contributed by atoms with E-state index >= 15 is 0 Å². The Hall–Kier alpha value is -0.820. The van der Waals surface area contributed by atoms with E-state index in [4.69, 9.17) is 0 Å². The second-order valence-electron chi connectivity index (χ2n) is 3.90. The van der Waals surface area contributed by atoms with Crippen molar-refractivity contribution in [3.05, 3.63) is 35.9 Å². The van der Waals surface area contributed by atoms with Crippen molar-refractivity contribution >= 4 is 0 Å². The van der Waals surface area contributed by atoms with E-state index in [9.17, 15) is 5.11 Å². The zero-order valence-electron chi connectivity index (χ0n) is 7.82. The van der Waals surface area contributed by atoms with Crippen molar-refractivity contribution < 1.29 is 5.11 Å². The minimum Gasteiger partial charge on any atom is -0.388 e. The summed E-state index contributed by atoms with van der Waals surface area (Å²) in [6, 6.07) is 10.0. The van der Waals surface area contributed by atoms with E-state index in [-0.39, 0.29) is 6.10 Å². The monoisotopic (exact) mass is 176 g/mol. The minimum atomic E-state index is -0.233. The van der Waals surface area contributed by atoms with E-state index in [1.165, 1.54) is 25.7 Å². The van der Waals surface area contributed by atoms with Crippen LogP contribution in [0.25, 0.3) is 0 Å². The third-order valence-electron chi connectivity index (χ3n) is 2.99. The van der Waals surface area contributed by atoms with Gasteiger partial charge in [0.25, 0.3) is 0 Å². The summed E-state index contributed by atoms with van der Waals surface area (Å²) in [4.78, 5) is 0. The first kappa shape index (κ1) is 8.76. The molecule has 0 heterocycles. The summed E-state index contributed by atoms with van der Waals surface area (Å²) >= 11 is 0.